The average Bonchev–Trinajstić information content (AvgIpc) is 3.17. The van der Waals surface area contributed by atoms with Crippen molar-refractivity contribution in [2.45, 2.75) is 45.7 Å². The van der Waals surface area contributed by atoms with Gasteiger partial charge in [-0.05, 0) is 44.4 Å². The fourth-order valence-corrected chi connectivity index (χ4v) is 6.25. The minimum absolute atomic E-state index is 0.00671. The van der Waals surface area contributed by atoms with Crippen molar-refractivity contribution in [2.75, 3.05) is 18.1 Å². The number of hydrogen-bond donors (Lipinski definition) is 0. The molecule has 0 bridgehead atoms. The van der Waals surface area contributed by atoms with Crippen molar-refractivity contribution in [1.82, 2.24) is 4.90 Å². The van der Waals surface area contributed by atoms with E-state index in [2.05, 4.69) is 0 Å². The summed E-state index contributed by atoms with van der Waals surface area (Å²) < 4.78 is 35.6. The first-order chi connectivity index (χ1) is 16.2. The second kappa shape index (κ2) is 9.62. The van der Waals surface area contributed by atoms with Gasteiger partial charge in [0, 0.05) is 18.2 Å². The maximum absolute atomic E-state index is 13.1. The number of hydrogen-bond acceptors (Lipinski definition) is 6. The quantitative estimate of drug-likeness (QED) is 0.505. The van der Waals surface area contributed by atoms with Gasteiger partial charge in [-0.2, -0.15) is 0 Å². The molecule has 1 aromatic heterocycles. The van der Waals surface area contributed by atoms with Crippen LogP contribution in [0.3, 0.4) is 0 Å². The zero-order valence-corrected chi connectivity index (χ0v) is 20.4. The van der Waals surface area contributed by atoms with Crippen LogP contribution in [0.2, 0.25) is 0 Å². The molecule has 2 aromatic carbocycles. The third-order valence-corrected chi connectivity index (χ3v) is 8.17. The fourth-order valence-electron chi connectivity index (χ4n) is 4.53. The van der Waals surface area contributed by atoms with E-state index in [4.69, 9.17) is 9.15 Å². The molecule has 2 heterocycles. The van der Waals surface area contributed by atoms with Crippen LogP contribution in [0.25, 0.3) is 22.1 Å². The smallest absolute Gasteiger partial charge is 0.261 e. The third-order valence-electron chi connectivity index (χ3n) is 6.42. The molecule has 0 spiro atoms. The summed E-state index contributed by atoms with van der Waals surface area (Å²) in [5, 5.41) is 0.431. The number of rotatable bonds is 7. The predicted octanol–water partition coefficient (Wildman–Crippen LogP) is 3.96. The summed E-state index contributed by atoms with van der Waals surface area (Å²) in [4.78, 5) is 27.8. The Labute approximate surface area is 199 Å². The van der Waals surface area contributed by atoms with Crippen molar-refractivity contribution < 1.29 is 22.4 Å². The molecule has 2 atom stereocenters. The van der Waals surface area contributed by atoms with Crippen molar-refractivity contribution >= 4 is 26.7 Å². The Bertz CT molecular complexity index is 1360. The van der Waals surface area contributed by atoms with Crippen molar-refractivity contribution in [2.24, 2.45) is 0 Å². The number of carbonyl (C=O) groups is 1. The van der Waals surface area contributed by atoms with E-state index < -0.39 is 9.84 Å². The van der Waals surface area contributed by atoms with Gasteiger partial charge in [-0.15, -0.1) is 0 Å². The highest BCUT2D eigenvalue weighted by Gasteiger charge is 2.36. The summed E-state index contributed by atoms with van der Waals surface area (Å²) in [7, 11) is -3.12. The van der Waals surface area contributed by atoms with E-state index in [1.54, 1.807) is 30.0 Å². The molecule has 1 aliphatic heterocycles. The van der Waals surface area contributed by atoms with Gasteiger partial charge in [-0.3, -0.25) is 9.59 Å². The Balaban J connectivity index is 1.55. The largest absolute Gasteiger partial charge is 0.484 e. The van der Waals surface area contributed by atoms with Crippen molar-refractivity contribution in [1.29, 1.82) is 0 Å². The molecule has 1 amide bonds. The van der Waals surface area contributed by atoms with E-state index in [1.165, 1.54) is 0 Å². The van der Waals surface area contributed by atoms with Gasteiger partial charge in [0.2, 0.25) is 5.43 Å². The van der Waals surface area contributed by atoms with Crippen LogP contribution in [0.1, 0.15) is 32.4 Å². The Morgan fingerprint density at radius 1 is 1.21 bits per heavy atom. The molecule has 3 aromatic rings. The lowest BCUT2D eigenvalue weighted by atomic mass is 10.0. The lowest BCUT2D eigenvalue weighted by Gasteiger charge is -2.33. The highest BCUT2D eigenvalue weighted by atomic mass is 32.2. The maximum atomic E-state index is 13.1. The van der Waals surface area contributed by atoms with Gasteiger partial charge in [-0.1, -0.05) is 37.3 Å². The van der Waals surface area contributed by atoms with Crippen LogP contribution in [0.15, 0.2) is 57.7 Å². The topological polar surface area (TPSA) is 93.9 Å². The van der Waals surface area contributed by atoms with Crippen molar-refractivity contribution in [3.8, 4) is 16.9 Å². The summed E-state index contributed by atoms with van der Waals surface area (Å²) in [5.74, 6) is 0.745. The van der Waals surface area contributed by atoms with E-state index >= 15 is 0 Å². The highest BCUT2D eigenvalue weighted by Crippen LogP contribution is 2.27. The third kappa shape index (κ3) is 4.87. The molecule has 0 aliphatic carbocycles. The molecule has 0 radical (unpaired) electrons. The van der Waals surface area contributed by atoms with E-state index in [0.717, 1.165) is 5.56 Å². The number of nitrogens with zero attached hydrogens (tertiary/aromatic N) is 1. The Kier molecular flexibility index (Phi) is 6.79. The van der Waals surface area contributed by atoms with Gasteiger partial charge in [0.1, 0.15) is 17.1 Å². The number of amides is 1. The summed E-state index contributed by atoms with van der Waals surface area (Å²) in [6.45, 7) is 5.41. The van der Waals surface area contributed by atoms with Gasteiger partial charge in [0.15, 0.2) is 16.4 Å². The molecule has 4 rings (SSSR count). The Morgan fingerprint density at radius 3 is 2.59 bits per heavy atom. The maximum Gasteiger partial charge on any atom is 0.261 e. The average molecular weight is 484 g/mol. The van der Waals surface area contributed by atoms with Crippen LogP contribution >= 0.6 is 0 Å². The standard InChI is InChI=1S/C26H29NO6S/c1-4-17(2)27(20-12-13-34(30,31)16-20)24(28)15-32-21-10-11-22-23(14-21)33-18(3)25(26(22)29)19-8-6-5-7-9-19/h5-11,14,17,20H,4,12-13,15-16H2,1-3H3/t17-,20+/m0/s1. The highest BCUT2D eigenvalue weighted by molar-refractivity contribution is 7.91. The second-order valence-electron chi connectivity index (χ2n) is 8.79. The molecule has 34 heavy (non-hydrogen) atoms. The van der Waals surface area contributed by atoms with Gasteiger partial charge >= 0.3 is 0 Å². The van der Waals surface area contributed by atoms with E-state index in [9.17, 15) is 18.0 Å². The van der Waals surface area contributed by atoms with Crippen molar-refractivity contribution in [3.63, 3.8) is 0 Å². The molecular formula is C26H29NO6S. The van der Waals surface area contributed by atoms with Gasteiger partial charge in [0.25, 0.3) is 5.91 Å². The number of ether oxygens (including phenoxy) is 1. The van der Waals surface area contributed by atoms with Crippen LogP contribution in [-0.4, -0.2) is 49.4 Å². The first kappa shape index (κ1) is 24.0. The first-order valence-electron chi connectivity index (χ1n) is 11.5. The summed E-state index contributed by atoms with van der Waals surface area (Å²) in [6, 6.07) is 13.8. The second-order valence-corrected chi connectivity index (χ2v) is 11.0. The number of aryl methyl sites for hydroxylation is 1. The minimum atomic E-state index is -3.12. The van der Waals surface area contributed by atoms with E-state index in [-0.39, 0.29) is 41.5 Å². The van der Waals surface area contributed by atoms with Gasteiger partial charge in [0.05, 0.1) is 22.5 Å². The SMILES string of the molecule is CC[C@H](C)N(C(=O)COc1ccc2c(=O)c(-c3ccccc3)c(C)oc2c1)[C@@H]1CCS(=O)(=O)C1. The summed E-state index contributed by atoms with van der Waals surface area (Å²) in [6.07, 6.45) is 1.16. The normalized spacial score (nSPS) is 18.0. The molecule has 0 unspecified atom stereocenters. The van der Waals surface area contributed by atoms with E-state index in [0.29, 0.717) is 40.9 Å². The Hall–Kier alpha value is -3.13. The predicted molar refractivity (Wildman–Crippen MR) is 132 cm³/mol. The monoisotopic (exact) mass is 483 g/mol. The van der Waals surface area contributed by atoms with Crippen LogP contribution in [-0.2, 0) is 14.6 Å². The molecule has 8 heteroatoms. The zero-order chi connectivity index (χ0) is 24.5. The number of sulfone groups is 1. The van der Waals surface area contributed by atoms with E-state index in [1.807, 2.05) is 44.2 Å². The molecule has 7 nitrogen and oxygen atoms in total. The molecule has 0 N–H and O–H groups in total. The summed E-state index contributed by atoms with van der Waals surface area (Å²) in [5.41, 5.74) is 1.57. The zero-order valence-electron chi connectivity index (χ0n) is 19.6. The molecule has 180 valence electrons. The number of benzene rings is 2. The lowest BCUT2D eigenvalue weighted by molar-refractivity contribution is -0.137. The molecule has 0 saturated carbocycles. The first-order valence-corrected chi connectivity index (χ1v) is 13.3. The van der Waals surface area contributed by atoms with Crippen LogP contribution in [0.5, 0.6) is 5.75 Å². The minimum Gasteiger partial charge on any atom is -0.484 e. The molecule has 1 aliphatic rings. The molecular weight excluding hydrogens is 454 g/mol. The van der Waals surface area contributed by atoms with Crippen molar-refractivity contribution in [3.05, 3.63) is 64.5 Å². The molecule has 1 fully saturated rings. The van der Waals surface area contributed by atoms with Gasteiger partial charge in [-0.25, -0.2) is 8.42 Å². The lowest BCUT2D eigenvalue weighted by Crippen LogP contribution is -2.48. The van der Waals surface area contributed by atoms with Crippen LogP contribution in [0, 0.1) is 6.92 Å². The number of carbonyl (C=O) groups excluding carboxylic acids is 1. The fraction of sp³-hybridized carbons (Fsp3) is 0.385. The molecule has 1 saturated heterocycles. The van der Waals surface area contributed by atoms with Crippen LogP contribution in [0.4, 0.5) is 0 Å². The summed E-state index contributed by atoms with van der Waals surface area (Å²) >= 11 is 0. The Morgan fingerprint density at radius 2 is 1.94 bits per heavy atom. The van der Waals surface area contributed by atoms with Gasteiger partial charge < -0.3 is 14.1 Å². The van der Waals surface area contributed by atoms with Crippen LogP contribution < -0.4 is 10.2 Å². The number of fused-ring (bicyclic) bond motifs is 1.